The molecule has 0 spiro atoms. The molecule has 2 heterocycles. The zero-order valence-electron chi connectivity index (χ0n) is 14.1. The van der Waals surface area contributed by atoms with Gasteiger partial charge >= 0.3 is 0 Å². The summed E-state index contributed by atoms with van der Waals surface area (Å²) in [6.45, 7) is 6.57. The number of hydrogen-bond donors (Lipinski definition) is 2. The minimum Gasteiger partial charge on any atom is -0.383 e. The van der Waals surface area contributed by atoms with Gasteiger partial charge in [-0.05, 0) is 49.4 Å². The van der Waals surface area contributed by atoms with Crippen molar-refractivity contribution in [2.75, 3.05) is 44.6 Å². The highest BCUT2D eigenvalue weighted by atomic mass is 35.5. The van der Waals surface area contributed by atoms with Crippen molar-refractivity contribution in [3.63, 3.8) is 0 Å². The quantitative estimate of drug-likeness (QED) is 0.894. The van der Waals surface area contributed by atoms with Crippen molar-refractivity contribution in [3.05, 3.63) is 34.5 Å². The van der Waals surface area contributed by atoms with Gasteiger partial charge in [0.2, 0.25) is 0 Å². The first-order chi connectivity index (χ1) is 11.8. The minimum absolute atomic E-state index is 0.762. The zero-order chi connectivity index (χ0) is 16.4. The zero-order valence-corrected chi connectivity index (χ0v) is 14.8. The van der Waals surface area contributed by atoms with E-state index in [-0.39, 0.29) is 0 Å². The molecule has 0 bridgehead atoms. The van der Waals surface area contributed by atoms with Gasteiger partial charge in [0.15, 0.2) is 0 Å². The average Bonchev–Trinajstić information content (AvgIpc) is 2.62. The van der Waals surface area contributed by atoms with Crippen LogP contribution < -0.4 is 10.6 Å². The number of anilines is 1. The molecule has 24 heavy (non-hydrogen) atoms. The molecule has 0 radical (unpaired) electrons. The Hall–Kier alpha value is -1.36. The highest BCUT2D eigenvalue weighted by Crippen LogP contribution is 2.34. The van der Waals surface area contributed by atoms with Gasteiger partial charge in [0.1, 0.15) is 0 Å². The first-order valence-electron chi connectivity index (χ1n) is 9.09. The molecule has 4 rings (SSSR count). The van der Waals surface area contributed by atoms with Gasteiger partial charge in [-0.2, -0.15) is 0 Å². The van der Waals surface area contributed by atoms with E-state index in [1.807, 2.05) is 12.1 Å². The minimum atomic E-state index is 0.762. The molecule has 1 aromatic heterocycles. The molecule has 1 aliphatic heterocycles. The first-order valence-corrected chi connectivity index (χ1v) is 9.47. The number of aromatic nitrogens is 1. The monoisotopic (exact) mass is 344 g/mol. The summed E-state index contributed by atoms with van der Waals surface area (Å²) in [6, 6.07) is 6.09. The molecular weight excluding hydrogens is 320 g/mol. The Morgan fingerprint density at radius 2 is 2.00 bits per heavy atom. The Morgan fingerprint density at radius 1 is 1.17 bits per heavy atom. The molecule has 2 aromatic rings. The van der Waals surface area contributed by atoms with Crippen LogP contribution >= 0.6 is 11.6 Å². The van der Waals surface area contributed by atoms with Crippen LogP contribution in [0.2, 0.25) is 5.02 Å². The average molecular weight is 345 g/mol. The Bertz CT molecular complexity index is 725. The molecule has 1 saturated heterocycles. The van der Waals surface area contributed by atoms with Gasteiger partial charge in [-0.1, -0.05) is 11.6 Å². The van der Waals surface area contributed by atoms with Crippen molar-refractivity contribution in [1.29, 1.82) is 0 Å². The summed E-state index contributed by atoms with van der Waals surface area (Å²) in [6.07, 6.45) is 4.73. The van der Waals surface area contributed by atoms with Crippen LogP contribution in [0.1, 0.15) is 24.1 Å². The van der Waals surface area contributed by atoms with Crippen molar-refractivity contribution in [2.45, 2.75) is 25.7 Å². The van der Waals surface area contributed by atoms with Crippen LogP contribution in [0.15, 0.2) is 18.2 Å². The second kappa shape index (κ2) is 7.26. The predicted molar refractivity (Wildman–Crippen MR) is 101 cm³/mol. The molecule has 0 saturated carbocycles. The van der Waals surface area contributed by atoms with E-state index in [1.54, 1.807) is 0 Å². The summed E-state index contributed by atoms with van der Waals surface area (Å²) in [5.74, 6) is 0. The van der Waals surface area contributed by atoms with Crippen LogP contribution in [0.5, 0.6) is 0 Å². The maximum atomic E-state index is 6.19. The van der Waals surface area contributed by atoms with Crippen molar-refractivity contribution in [2.24, 2.45) is 0 Å². The molecule has 4 nitrogen and oxygen atoms in total. The fourth-order valence-electron chi connectivity index (χ4n) is 3.87. The second-order valence-electron chi connectivity index (χ2n) is 6.80. The van der Waals surface area contributed by atoms with Crippen LogP contribution in [-0.4, -0.2) is 49.2 Å². The van der Waals surface area contributed by atoms with Crippen LogP contribution in [0.3, 0.4) is 0 Å². The third kappa shape index (κ3) is 3.37. The van der Waals surface area contributed by atoms with Crippen molar-refractivity contribution >= 4 is 28.2 Å². The normalized spacial score (nSPS) is 18.5. The maximum absolute atomic E-state index is 6.19. The topological polar surface area (TPSA) is 40.2 Å². The fraction of sp³-hybridized carbons (Fsp3) is 0.526. The number of pyridine rings is 1. The van der Waals surface area contributed by atoms with E-state index < -0.39 is 0 Å². The van der Waals surface area contributed by atoms with Crippen molar-refractivity contribution in [1.82, 2.24) is 15.2 Å². The Balaban J connectivity index is 1.59. The lowest BCUT2D eigenvalue weighted by atomic mass is 9.92. The summed E-state index contributed by atoms with van der Waals surface area (Å²) >= 11 is 6.19. The van der Waals surface area contributed by atoms with Gasteiger partial charge in [-0.3, -0.25) is 9.88 Å². The molecule has 1 aliphatic carbocycles. The lowest BCUT2D eigenvalue weighted by molar-refractivity contribution is 0.249. The van der Waals surface area contributed by atoms with Crippen LogP contribution in [-0.2, 0) is 12.8 Å². The third-order valence-electron chi connectivity index (χ3n) is 5.16. The molecule has 0 atom stereocenters. The predicted octanol–water partition coefficient (Wildman–Crippen LogP) is 3.08. The second-order valence-corrected chi connectivity index (χ2v) is 7.24. The van der Waals surface area contributed by atoms with E-state index in [2.05, 4.69) is 21.6 Å². The highest BCUT2D eigenvalue weighted by molar-refractivity contribution is 6.31. The molecular formula is C19H25ClN4. The highest BCUT2D eigenvalue weighted by Gasteiger charge is 2.18. The van der Waals surface area contributed by atoms with E-state index in [1.165, 1.54) is 35.2 Å². The summed E-state index contributed by atoms with van der Waals surface area (Å²) < 4.78 is 0. The maximum Gasteiger partial charge on any atom is 0.0741 e. The van der Waals surface area contributed by atoms with Gasteiger partial charge in [-0.25, -0.2) is 0 Å². The number of piperazine rings is 1. The molecule has 1 fully saturated rings. The van der Waals surface area contributed by atoms with Gasteiger partial charge in [0.25, 0.3) is 0 Å². The number of hydrogen-bond acceptors (Lipinski definition) is 4. The first kappa shape index (κ1) is 16.1. The van der Waals surface area contributed by atoms with Gasteiger partial charge < -0.3 is 10.6 Å². The Morgan fingerprint density at radius 3 is 2.88 bits per heavy atom. The number of nitrogens with zero attached hydrogens (tertiary/aromatic N) is 2. The smallest absolute Gasteiger partial charge is 0.0741 e. The largest absolute Gasteiger partial charge is 0.383 e. The lowest BCUT2D eigenvalue weighted by Crippen LogP contribution is -2.45. The van der Waals surface area contributed by atoms with Crippen molar-refractivity contribution < 1.29 is 0 Å². The fourth-order valence-corrected chi connectivity index (χ4v) is 4.04. The third-order valence-corrected chi connectivity index (χ3v) is 5.40. The molecule has 128 valence electrons. The molecule has 5 heteroatoms. The number of benzene rings is 1. The number of halogens is 1. The SMILES string of the molecule is Clc1ccc2c(NCCN3CCNCC3)c3c(nc2c1)CCCC3. The van der Waals surface area contributed by atoms with E-state index in [0.717, 1.165) is 62.6 Å². The van der Waals surface area contributed by atoms with E-state index in [4.69, 9.17) is 16.6 Å². The van der Waals surface area contributed by atoms with Crippen LogP contribution in [0.4, 0.5) is 5.69 Å². The summed E-state index contributed by atoms with van der Waals surface area (Å²) in [7, 11) is 0. The van der Waals surface area contributed by atoms with Crippen LogP contribution in [0.25, 0.3) is 10.9 Å². The van der Waals surface area contributed by atoms with E-state index >= 15 is 0 Å². The van der Waals surface area contributed by atoms with E-state index in [9.17, 15) is 0 Å². The number of fused-ring (bicyclic) bond motifs is 2. The van der Waals surface area contributed by atoms with E-state index in [0.29, 0.717) is 0 Å². The van der Waals surface area contributed by atoms with Gasteiger partial charge in [-0.15, -0.1) is 0 Å². The molecule has 2 aliphatic rings. The summed E-state index contributed by atoms with van der Waals surface area (Å²) in [5.41, 5.74) is 5.01. The number of rotatable bonds is 4. The number of aryl methyl sites for hydroxylation is 1. The van der Waals surface area contributed by atoms with Gasteiger partial charge in [0, 0.05) is 61.1 Å². The Kier molecular flexibility index (Phi) is 4.88. The van der Waals surface area contributed by atoms with Gasteiger partial charge in [0.05, 0.1) is 5.52 Å². The number of nitrogens with one attached hydrogen (secondary N) is 2. The van der Waals surface area contributed by atoms with Crippen molar-refractivity contribution in [3.8, 4) is 0 Å². The molecule has 1 aromatic carbocycles. The standard InChI is InChI=1S/C19H25ClN4/c20-14-5-6-16-18(13-14)23-17-4-2-1-3-15(17)19(16)22-9-12-24-10-7-21-8-11-24/h5-6,13,21H,1-4,7-12H2,(H,22,23). The summed E-state index contributed by atoms with van der Waals surface area (Å²) in [4.78, 5) is 7.42. The van der Waals surface area contributed by atoms with Crippen LogP contribution in [0, 0.1) is 0 Å². The molecule has 2 N–H and O–H groups in total. The lowest BCUT2D eigenvalue weighted by Gasteiger charge is -2.28. The summed E-state index contributed by atoms with van der Waals surface area (Å²) in [5, 5.41) is 9.12. The molecule has 0 amide bonds. The Labute approximate surface area is 148 Å². The molecule has 0 unspecified atom stereocenters.